The molecule has 3 heterocycles. The van der Waals surface area contributed by atoms with Gasteiger partial charge in [0.25, 0.3) is 0 Å². The van der Waals surface area contributed by atoms with E-state index in [4.69, 9.17) is 9.97 Å². The molecule has 3 aromatic carbocycles. The molecule has 6 rings (SSSR count). The molecule has 3 aromatic heterocycles. The van der Waals surface area contributed by atoms with Crippen molar-refractivity contribution in [1.82, 2.24) is 14.5 Å². The molecule has 34 heavy (non-hydrogen) atoms. The van der Waals surface area contributed by atoms with E-state index >= 15 is 0 Å². The van der Waals surface area contributed by atoms with E-state index in [1.54, 1.807) is 22.7 Å². The zero-order valence-electron chi connectivity index (χ0n) is 19.2. The van der Waals surface area contributed by atoms with Crippen LogP contribution in [0.2, 0.25) is 0 Å². The van der Waals surface area contributed by atoms with E-state index in [-0.39, 0.29) is 0 Å². The topological polar surface area (TPSA) is 30.7 Å². The van der Waals surface area contributed by atoms with Crippen LogP contribution in [0, 0.1) is 13.8 Å². The maximum absolute atomic E-state index is 5.18. The van der Waals surface area contributed by atoms with Gasteiger partial charge < -0.3 is 4.57 Å². The lowest BCUT2D eigenvalue weighted by molar-refractivity contribution is 0.971. The maximum atomic E-state index is 5.18. The van der Waals surface area contributed by atoms with Gasteiger partial charge in [0.1, 0.15) is 15.7 Å². The van der Waals surface area contributed by atoms with Crippen molar-refractivity contribution in [2.75, 3.05) is 0 Å². The van der Waals surface area contributed by atoms with Gasteiger partial charge in [-0.2, -0.15) is 0 Å². The first-order valence-electron chi connectivity index (χ1n) is 11.3. The van der Waals surface area contributed by atoms with Crippen LogP contribution in [0.5, 0.6) is 0 Å². The van der Waals surface area contributed by atoms with Crippen LogP contribution >= 0.6 is 22.7 Å². The van der Waals surface area contributed by atoms with Crippen molar-refractivity contribution in [2.45, 2.75) is 13.8 Å². The van der Waals surface area contributed by atoms with Gasteiger partial charge in [0.2, 0.25) is 0 Å². The third-order valence-electron chi connectivity index (χ3n) is 6.20. The summed E-state index contributed by atoms with van der Waals surface area (Å²) in [5, 5.41) is 3.30. The fourth-order valence-corrected chi connectivity index (χ4v) is 6.41. The summed E-state index contributed by atoms with van der Waals surface area (Å²) < 4.78 is 2.28. The number of nitrogens with zero attached hydrogens (tertiary/aromatic N) is 3. The lowest BCUT2D eigenvalue weighted by Crippen LogP contribution is -1.95. The summed E-state index contributed by atoms with van der Waals surface area (Å²) in [6.07, 6.45) is 0. The van der Waals surface area contributed by atoms with Crippen molar-refractivity contribution in [2.24, 2.45) is 7.05 Å². The van der Waals surface area contributed by atoms with Crippen LogP contribution in [0.25, 0.3) is 54.7 Å². The van der Waals surface area contributed by atoms with Gasteiger partial charge in [-0.05, 0) is 19.9 Å². The Kier molecular flexibility index (Phi) is 5.16. The van der Waals surface area contributed by atoms with Crippen molar-refractivity contribution in [3.8, 4) is 43.8 Å². The van der Waals surface area contributed by atoms with Crippen LogP contribution in [0.15, 0.2) is 84.9 Å². The average molecular weight is 478 g/mol. The molecule has 5 heteroatoms. The van der Waals surface area contributed by atoms with Gasteiger partial charge in [0.05, 0.1) is 11.4 Å². The molecule has 3 nitrogen and oxygen atoms in total. The van der Waals surface area contributed by atoms with Crippen LogP contribution in [0.3, 0.4) is 0 Å². The monoisotopic (exact) mass is 477 g/mol. The summed E-state index contributed by atoms with van der Waals surface area (Å²) in [5.41, 5.74) is 7.87. The Labute approximate surface area is 207 Å². The van der Waals surface area contributed by atoms with Crippen molar-refractivity contribution in [3.05, 3.63) is 94.7 Å². The summed E-state index contributed by atoms with van der Waals surface area (Å²) in [5.74, 6) is 0. The fraction of sp³-hybridized carbons (Fsp3) is 0.103. The highest BCUT2D eigenvalue weighted by molar-refractivity contribution is 7.15. The van der Waals surface area contributed by atoms with Crippen molar-refractivity contribution in [3.63, 3.8) is 0 Å². The predicted molar refractivity (Wildman–Crippen MR) is 145 cm³/mol. The van der Waals surface area contributed by atoms with Crippen LogP contribution in [0.4, 0.5) is 0 Å². The van der Waals surface area contributed by atoms with Crippen LogP contribution < -0.4 is 0 Å². The second-order valence-corrected chi connectivity index (χ2v) is 10.8. The largest absolute Gasteiger partial charge is 0.342 e. The molecule has 0 unspecified atom stereocenters. The Morgan fingerprint density at radius 1 is 0.618 bits per heavy atom. The van der Waals surface area contributed by atoms with Crippen molar-refractivity contribution < 1.29 is 0 Å². The van der Waals surface area contributed by atoms with Gasteiger partial charge >= 0.3 is 0 Å². The van der Waals surface area contributed by atoms with Gasteiger partial charge in [0.15, 0.2) is 0 Å². The summed E-state index contributed by atoms with van der Waals surface area (Å²) in [6, 6.07) is 29.5. The van der Waals surface area contributed by atoms with E-state index in [2.05, 4.69) is 98.3 Å². The maximum Gasteiger partial charge on any atom is 0.124 e. The van der Waals surface area contributed by atoms with Crippen molar-refractivity contribution >= 4 is 33.6 Å². The molecule has 0 spiro atoms. The minimum atomic E-state index is 1.03. The molecule has 0 aliphatic heterocycles. The molecule has 0 bridgehead atoms. The van der Waals surface area contributed by atoms with E-state index in [9.17, 15) is 0 Å². The highest BCUT2D eigenvalue weighted by Crippen LogP contribution is 2.45. The number of rotatable bonds is 4. The Balaban J connectivity index is 1.61. The number of benzene rings is 3. The first kappa shape index (κ1) is 21.0. The minimum Gasteiger partial charge on any atom is -0.342 e. The third-order valence-corrected chi connectivity index (χ3v) is 8.24. The number of thiazole rings is 2. The van der Waals surface area contributed by atoms with E-state index in [1.165, 1.54) is 26.2 Å². The van der Waals surface area contributed by atoms with Gasteiger partial charge in [-0.1, -0.05) is 78.9 Å². The molecule has 0 saturated carbocycles. The van der Waals surface area contributed by atoms with E-state index < -0.39 is 0 Å². The van der Waals surface area contributed by atoms with Crippen LogP contribution in [-0.4, -0.2) is 14.5 Å². The summed E-state index contributed by atoms with van der Waals surface area (Å²) in [7, 11) is 2.14. The van der Waals surface area contributed by atoms with Crippen LogP contribution in [0.1, 0.15) is 9.75 Å². The van der Waals surface area contributed by atoms with Gasteiger partial charge in [-0.25, -0.2) is 9.97 Å². The number of aromatic nitrogens is 3. The highest BCUT2D eigenvalue weighted by Gasteiger charge is 2.25. The summed E-state index contributed by atoms with van der Waals surface area (Å²) in [4.78, 5) is 12.8. The molecule has 0 N–H and O–H groups in total. The lowest BCUT2D eigenvalue weighted by atomic mass is 10.0. The molecular formula is C29H23N3S2. The number of para-hydroxylation sites is 1. The number of hydrogen-bond acceptors (Lipinski definition) is 4. The smallest absolute Gasteiger partial charge is 0.124 e. The highest BCUT2D eigenvalue weighted by atomic mass is 32.1. The van der Waals surface area contributed by atoms with E-state index in [0.29, 0.717) is 0 Å². The Morgan fingerprint density at radius 3 is 1.74 bits per heavy atom. The minimum absolute atomic E-state index is 1.03. The number of fused-ring (bicyclic) bond motifs is 1. The first-order chi connectivity index (χ1) is 16.6. The Morgan fingerprint density at radius 2 is 1.12 bits per heavy atom. The lowest BCUT2D eigenvalue weighted by Gasteiger charge is -2.06. The van der Waals surface area contributed by atoms with E-state index in [1.807, 2.05) is 12.1 Å². The number of aryl methyl sites for hydroxylation is 3. The molecular weight excluding hydrogens is 454 g/mol. The molecule has 0 amide bonds. The average Bonchev–Trinajstić information content (AvgIpc) is 3.53. The molecule has 166 valence electrons. The normalized spacial score (nSPS) is 11.4. The summed E-state index contributed by atoms with van der Waals surface area (Å²) >= 11 is 3.50. The fourth-order valence-electron chi connectivity index (χ4n) is 4.56. The molecule has 0 atom stereocenters. The SMILES string of the molecule is Cc1sc(-c2ccccc2)nc1-c1c(-c2nc(-c3ccccc3)sc2C)n(C)c2ccccc12. The predicted octanol–water partition coefficient (Wildman–Crippen LogP) is 8.38. The third kappa shape index (κ3) is 3.40. The Hall–Kier alpha value is -3.54. The zero-order chi connectivity index (χ0) is 23.2. The van der Waals surface area contributed by atoms with Gasteiger partial charge in [-0.3, -0.25) is 0 Å². The zero-order valence-corrected chi connectivity index (χ0v) is 20.9. The molecule has 0 saturated heterocycles. The van der Waals surface area contributed by atoms with Crippen molar-refractivity contribution in [1.29, 1.82) is 0 Å². The van der Waals surface area contributed by atoms with Gasteiger partial charge in [0, 0.05) is 44.4 Å². The quantitative estimate of drug-likeness (QED) is 0.255. The standard InChI is InChI=1S/C29H23N3S2/c1-18-25(30-28(33-18)20-12-6-4-7-13-20)24-22-16-10-11-17-23(22)32(3)27(24)26-19(2)34-29(31-26)21-14-8-5-9-15-21/h4-17H,1-3H3. The molecule has 0 aliphatic carbocycles. The second kappa shape index (κ2) is 8.35. The molecule has 0 radical (unpaired) electrons. The van der Waals surface area contributed by atoms with E-state index in [0.717, 1.165) is 38.2 Å². The molecule has 0 aliphatic rings. The van der Waals surface area contributed by atoms with Crippen LogP contribution in [-0.2, 0) is 7.05 Å². The Bertz CT molecular complexity index is 1620. The molecule has 6 aromatic rings. The first-order valence-corrected chi connectivity index (χ1v) is 12.9. The second-order valence-electron chi connectivity index (χ2n) is 8.38. The summed E-state index contributed by atoms with van der Waals surface area (Å²) in [6.45, 7) is 4.35. The number of hydrogen-bond donors (Lipinski definition) is 0. The molecule has 0 fully saturated rings. The van der Waals surface area contributed by atoms with Gasteiger partial charge in [-0.15, -0.1) is 22.7 Å².